The van der Waals surface area contributed by atoms with Gasteiger partial charge in [-0.3, -0.25) is 0 Å². The molecule has 1 rings (SSSR count). The van der Waals surface area contributed by atoms with E-state index in [9.17, 15) is 0 Å². The zero-order valence-electron chi connectivity index (χ0n) is 16.1. The van der Waals surface area contributed by atoms with E-state index in [-0.39, 0.29) is 0 Å². The minimum absolute atomic E-state index is 0.553. The van der Waals surface area contributed by atoms with Crippen molar-refractivity contribution in [2.75, 3.05) is 39.5 Å². The average Bonchev–Trinajstić information content (AvgIpc) is 2.61. The monoisotopic (exact) mass is 325 g/mol. The van der Waals surface area contributed by atoms with Crippen molar-refractivity contribution in [1.29, 1.82) is 0 Å². The van der Waals surface area contributed by atoms with E-state index in [1.165, 1.54) is 25.9 Å². The third kappa shape index (κ3) is 15.6. The van der Waals surface area contributed by atoms with E-state index in [0.29, 0.717) is 19.0 Å². The molecule has 0 saturated carbocycles. The normalized spacial score (nSPS) is 15.2. The molecule has 0 bridgehead atoms. The zero-order valence-corrected chi connectivity index (χ0v) is 16.1. The maximum Gasteiger partial charge on any atom is 0.112 e. The lowest BCUT2D eigenvalue weighted by Crippen LogP contribution is -2.35. The summed E-state index contributed by atoms with van der Waals surface area (Å²) in [6.07, 6.45) is 7.93. The molecule has 1 saturated heterocycles. The van der Waals surface area contributed by atoms with Gasteiger partial charge in [-0.15, -0.1) is 0 Å². The van der Waals surface area contributed by atoms with Crippen LogP contribution in [0.15, 0.2) is 37.1 Å². The molecule has 136 valence electrons. The highest BCUT2D eigenvalue weighted by Gasteiger charge is 2.14. The molecule has 0 unspecified atom stereocenters. The van der Waals surface area contributed by atoms with E-state index in [1.807, 2.05) is 27.7 Å². The highest BCUT2D eigenvalue weighted by atomic mass is 16.5. The number of hydrogen-bond acceptors (Lipinski definition) is 3. The first-order valence-corrected chi connectivity index (χ1v) is 9.13. The summed E-state index contributed by atoms with van der Waals surface area (Å²) < 4.78 is 10.9. The van der Waals surface area contributed by atoms with Crippen molar-refractivity contribution in [3.8, 4) is 0 Å². The molecular weight excluding hydrogens is 286 g/mol. The van der Waals surface area contributed by atoms with Gasteiger partial charge in [0.1, 0.15) is 12.4 Å². The minimum atomic E-state index is 0.553. The highest BCUT2D eigenvalue weighted by Crippen LogP contribution is 2.15. The molecule has 1 heterocycles. The summed E-state index contributed by atoms with van der Waals surface area (Å²) in [5, 5.41) is 0. The van der Waals surface area contributed by atoms with Gasteiger partial charge in [-0.05, 0) is 37.9 Å². The smallest absolute Gasteiger partial charge is 0.112 e. The second-order valence-electron chi connectivity index (χ2n) is 5.05. The summed E-state index contributed by atoms with van der Waals surface area (Å²) in [5.41, 5.74) is 0. The number of likely N-dealkylation sites (tertiary alicyclic amines) is 1. The van der Waals surface area contributed by atoms with Crippen LogP contribution in [-0.2, 0) is 9.47 Å². The zero-order chi connectivity index (χ0) is 17.9. The molecule has 0 aromatic carbocycles. The van der Waals surface area contributed by atoms with E-state index >= 15 is 0 Å². The molecule has 1 aliphatic heterocycles. The van der Waals surface area contributed by atoms with Crippen LogP contribution in [0.3, 0.4) is 0 Å². The van der Waals surface area contributed by atoms with Gasteiger partial charge in [0.05, 0.1) is 13.2 Å². The molecule has 0 radical (unpaired) electrons. The van der Waals surface area contributed by atoms with E-state index < -0.39 is 0 Å². The standard InChI is InChI=1S/C16H27NO2.2C2H6/c1-4-5-6-16(3)19-14-13-18-12-11-17-9-7-15(2)8-10-17;2*1-2/h4-6,15H,1,3,7-14H2,2H3;2*1-2H3/b6-5-;;. The molecule has 1 fully saturated rings. The Morgan fingerprint density at radius 3 is 2.26 bits per heavy atom. The molecule has 0 aromatic rings. The van der Waals surface area contributed by atoms with Gasteiger partial charge in [-0.2, -0.15) is 0 Å². The Morgan fingerprint density at radius 1 is 1.09 bits per heavy atom. The first-order valence-electron chi connectivity index (χ1n) is 9.13. The van der Waals surface area contributed by atoms with E-state index in [0.717, 1.165) is 19.1 Å². The first kappa shape index (κ1) is 24.2. The fourth-order valence-electron chi connectivity index (χ4n) is 2.04. The summed E-state index contributed by atoms with van der Waals surface area (Å²) >= 11 is 0. The number of allylic oxidation sites excluding steroid dienone is 3. The van der Waals surface area contributed by atoms with Crippen molar-refractivity contribution in [2.45, 2.75) is 47.5 Å². The Bertz CT molecular complexity index is 292. The molecule has 0 spiro atoms. The lowest BCUT2D eigenvalue weighted by atomic mass is 9.99. The van der Waals surface area contributed by atoms with E-state index in [1.54, 1.807) is 18.2 Å². The van der Waals surface area contributed by atoms with E-state index in [2.05, 4.69) is 25.0 Å². The molecule has 3 heteroatoms. The third-order valence-electron chi connectivity index (χ3n) is 3.36. The summed E-state index contributed by atoms with van der Waals surface area (Å²) in [4.78, 5) is 2.48. The largest absolute Gasteiger partial charge is 0.492 e. The molecule has 0 aromatic heterocycles. The summed E-state index contributed by atoms with van der Waals surface area (Å²) in [5.74, 6) is 1.54. The van der Waals surface area contributed by atoms with Gasteiger partial charge in [-0.1, -0.05) is 59.9 Å². The maximum absolute atomic E-state index is 5.57. The SMILES string of the molecule is C=C/C=C\C(=C)OCCOCCN1CCC(C)CC1.CC.CC. The number of nitrogens with zero attached hydrogens (tertiary/aromatic N) is 1. The molecular formula is C20H39NO2. The van der Waals surface area contributed by atoms with Gasteiger partial charge >= 0.3 is 0 Å². The van der Waals surface area contributed by atoms with E-state index in [4.69, 9.17) is 9.47 Å². The lowest BCUT2D eigenvalue weighted by molar-refractivity contribution is 0.0575. The van der Waals surface area contributed by atoms with Crippen molar-refractivity contribution in [3.05, 3.63) is 37.1 Å². The number of ether oxygens (including phenoxy) is 2. The van der Waals surface area contributed by atoms with Gasteiger partial charge in [0.2, 0.25) is 0 Å². The predicted octanol–water partition coefficient (Wildman–Crippen LogP) is 5.06. The molecule has 0 N–H and O–H groups in total. The Hall–Kier alpha value is -1.06. The summed E-state index contributed by atoms with van der Waals surface area (Å²) in [7, 11) is 0. The summed E-state index contributed by atoms with van der Waals surface area (Å²) in [6, 6.07) is 0. The van der Waals surface area contributed by atoms with Gasteiger partial charge in [0, 0.05) is 6.54 Å². The second-order valence-corrected chi connectivity index (χ2v) is 5.05. The van der Waals surface area contributed by atoms with Crippen LogP contribution >= 0.6 is 0 Å². The molecule has 3 nitrogen and oxygen atoms in total. The maximum atomic E-state index is 5.57. The third-order valence-corrected chi connectivity index (χ3v) is 3.36. The Morgan fingerprint density at radius 2 is 1.70 bits per heavy atom. The van der Waals surface area contributed by atoms with Crippen LogP contribution in [0.4, 0.5) is 0 Å². The quantitative estimate of drug-likeness (QED) is 0.336. The Balaban J connectivity index is 0. The lowest BCUT2D eigenvalue weighted by Gasteiger charge is -2.29. The van der Waals surface area contributed by atoms with Gasteiger partial charge in [0.25, 0.3) is 0 Å². The van der Waals surface area contributed by atoms with Crippen LogP contribution in [0.5, 0.6) is 0 Å². The van der Waals surface area contributed by atoms with Gasteiger partial charge in [0.15, 0.2) is 0 Å². The topological polar surface area (TPSA) is 21.7 Å². The predicted molar refractivity (Wildman–Crippen MR) is 103 cm³/mol. The van der Waals surface area contributed by atoms with Crippen LogP contribution in [0, 0.1) is 5.92 Å². The molecule has 23 heavy (non-hydrogen) atoms. The number of piperidine rings is 1. The molecule has 0 aliphatic carbocycles. The van der Waals surface area contributed by atoms with Crippen LogP contribution in [-0.4, -0.2) is 44.4 Å². The van der Waals surface area contributed by atoms with Crippen LogP contribution < -0.4 is 0 Å². The molecule has 0 amide bonds. The van der Waals surface area contributed by atoms with Crippen molar-refractivity contribution in [3.63, 3.8) is 0 Å². The van der Waals surface area contributed by atoms with Crippen molar-refractivity contribution >= 4 is 0 Å². The van der Waals surface area contributed by atoms with Crippen molar-refractivity contribution < 1.29 is 9.47 Å². The Labute approximate surface area is 145 Å². The van der Waals surface area contributed by atoms with Gasteiger partial charge < -0.3 is 14.4 Å². The van der Waals surface area contributed by atoms with Crippen LogP contribution in [0.25, 0.3) is 0 Å². The fourth-order valence-corrected chi connectivity index (χ4v) is 2.04. The van der Waals surface area contributed by atoms with Crippen molar-refractivity contribution in [1.82, 2.24) is 4.90 Å². The van der Waals surface area contributed by atoms with Gasteiger partial charge in [-0.25, -0.2) is 0 Å². The fraction of sp³-hybridized carbons (Fsp3) is 0.700. The van der Waals surface area contributed by atoms with Crippen LogP contribution in [0.1, 0.15) is 47.5 Å². The molecule has 1 aliphatic rings. The summed E-state index contributed by atoms with van der Waals surface area (Å²) in [6.45, 7) is 23.1. The number of hydrogen-bond donors (Lipinski definition) is 0. The molecule has 0 atom stereocenters. The van der Waals surface area contributed by atoms with Crippen molar-refractivity contribution in [2.24, 2.45) is 5.92 Å². The second kappa shape index (κ2) is 19.0. The van der Waals surface area contributed by atoms with Crippen LogP contribution in [0.2, 0.25) is 0 Å². The Kier molecular flexibility index (Phi) is 20.0. The first-order chi connectivity index (χ1) is 11.2. The number of rotatable bonds is 9. The average molecular weight is 326 g/mol. The minimum Gasteiger partial charge on any atom is -0.492 e. The highest BCUT2D eigenvalue weighted by molar-refractivity contribution is 5.12.